The molecule has 0 unspecified atom stereocenters. The lowest BCUT2D eigenvalue weighted by molar-refractivity contribution is -0.207. The average molecular weight is 597 g/mol. The first-order chi connectivity index (χ1) is 19.7. The first-order valence-electron chi connectivity index (χ1n) is 15.4. The Morgan fingerprint density at radius 3 is 1.86 bits per heavy atom. The van der Waals surface area contributed by atoms with E-state index < -0.39 is 53.6 Å². The summed E-state index contributed by atoms with van der Waals surface area (Å²) in [5.41, 5.74) is -0.413. The van der Waals surface area contributed by atoms with Crippen LogP contribution in [0.15, 0.2) is 0 Å². The molecule has 42 heavy (non-hydrogen) atoms. The molecule has 0 aromatic rings. The van der Waals surface area contributed by atoms with E-state index in [1.165, 1.54) is 47.0 Å². The average Bonchev–Trinajstić information content (AvgIpc) is 2.88. The van der Waals surface area contributed by atoms with Gasteiger partial charge in [-0.25, -0.2) is 0 Å². The Morgan fingerprint density at radius 2 is 1.31 bits per heavy atom. The molecule has 4 atom stereocenters. The van der Waals surface area contributed by atoms with Gasteiger partial charge in [0.25, 0.3) is 0 Å². The molecule has 0 bridgehead atoms. The van der Waals surface area contributed by atoms with Gasteiger partial charge in [-0.1, -0.05) is 52.9 Å². The lowest BCUT2D eigenvalue weighted by atomic mass is 9.89. The van der Waals surface area contributed by atoms with Crippen LogP contribution in [-0.2, 0) is 42.9 Å². The minimum absolute atomic E-state index is 0.0803. The monoisotopic (exact) mass is 596 g/mol. The van der Waals surface area contributed by atoms with Crippen molar-refractivity contribution in [2.75, 3.05) is 26.2 Å². The lowest BCUT2D eigenvalue weighted by Crippen LogP contribution is -2.65. The third-order valence-electron chi connectivity index (χ3n) is 7.84. The van der Waals surface area contributed by atoms with Gasteiger partial charge in [0.1, 0.15) is 6.61 Å². The fraction of sp³-hybridized carbons (Fsp3) is 0.839. The number of nitrogens with zero attached hydrogens (tertiary/aromatic N) is 2. The Bertz CT molecular complexity index is 926. The second kappa shape index (κ2) is 16.8. The van der Waals surface area contributed by atoms with Crippen molar-refractivity contribution in [1.82, 2.24) is 9.80 Å². The Labute approximate surface area is 250 Å². The van der Waals surface area contributed by atoms with Crippen molar-refractivity contribution in [1.29, 1.82) is 0 Å². The Hall–Kier alpha value is -2.69. The van der Waals surface area contributed by atoms with Gasteiger partial charge in [0.15, 0.2) is 18.3 Å². The molecule has 11 heteroatoms. The standard InChI is InChI=1S/C31H52N2O9/c1-21(34)39-20-26-28(41-23(3)36)29(42-24(4)37)27(40-22(2)35)19-32(26)17-13-8-9-14-18-33(30(38)31(5,6)7)25-15-11-10-12-16-25/h25-29H,8-20H2,1-7H3/t26-,27+,28-,29-/m1/s1. The zero-order valence-electron chi connectivity index (χ0n) is 26.6. The summed E-state index contributed by atoms with van der Waals surface area (Å²) in [6.45, 7) is 12.4. The minimum atomic E-state index is -1.04. The normalized spacial score (nSPS) is 23.5. The highest BCUT2D eigenvalue weighted by atomic mass is 16.6. The van der Waals surface area contributed by atoms with Crippen LogP contribution in [0.1, 0.15) is 106 Å². The third kappa shape index (κ3) is 11.5. The molecule has 1 aliphatic heterocycles. The van der Waals surface area contributed by atoms with Crippen LogP contribution >= 0.6 is 0 Å². The maximum absolute atomic E-state index is 13.2. The first-order valence-corrected chi connectivity index (χ1v) is 15.4. The maximum atomic E-state index is 13.2. The topological polar surface area (TPSA) is 129 Å². The Balaban J connectivity index is 2.08. The molecule has 0 aromatic heterocycles. The molecule has 0 radical (unpaired) electrons. The van der Waals surface area contributed by atoms with Gasteiger partial charge in [-0.15, -0.1) is 0 Å². The summed E-state index contributed by atoms with van der Waals surface area (Å²) >= 11 is 0. The number of unbranched alkanes of at least 4 members (excludes halogenated alkanes) is 3. The van der Waals surface area contributed by atoms with E-state index in [0.29, 0.717) is 12.6 Å². The molecule has 240 valence electrons. The number of ether oxygens (including phenoxy) is 4. The minimum Gasteiger partial charge on any atom is -0.464 e. The third-order valence-corrected chi connectivity index (χ3v) is 7.84. The van der Waals surface area contributed by atoms with Crippen molar-refractivity contribution in [3.8, 4) is 0 Å². The SMILES string of the molecule is CC(=O)OC[C@@H]1[C@@H](OC(C)=O)[C@H](OC(C)=O)[C@@H](OC(C)=O)CN1CCCCCCN(C(=O)C(C)(C)C)C1CCCCC1. The van der Waals surface area contributed by atoms with Gasteiger partial charge in [0, 0.05) is 52.2 Å². The molecule has 2 fully saturated rings. The van der Waals surface area contributed by atoms with E-state index in [0.717, 1.165) is 45.1 Å². The summed E-state index contributed by atoms with van der Waals surface area (Å²) in [4.78, 5) is 64.9. The molecule has 1 amide bonds. The predicted molar refractivity (Wildman–Crippen MR) is 155 cm³/mol. The van der Waals surface area contributed by atoms with E-state index in [1.807, 2.05) is 25.7 Å². The molecular weight excluding hydrogens is 544 g/mol. The molecule has 1 aliphatic carbocycles. The molecule has 2 aliphatic rings. The lowest BCUT2D eigenvalue weighted by Gasteiger charge is -2.46. The van der Waals surface area contributed by atoms with Crippen molar-refractivity contribution in [3.05, 3.63) is 0 Å². The first kappa shape index (κ1) is 35.5. The van der Waals surface area contributed by atoms with Gasteiger partial charge in [0.2, 0.25) is 5.91 Å². The molecule has 0 spiro atoms. The molecular formula is C31H52N2O9. The van der Waals surface area contributed by atoms with Gasteiger partial charge in [-0.2, -0.15) is 0 Å². The quantitative estimate of drug-likeness (QED) is 0.176. The van der Waals surface area contributed by atoms with Crippen LogP contribution in [0.4, 0.5) is 0 Å². The van der Waals surface area contributed by atoms with Crippen LogP contribution in [0.2, 0.25) is 0 Å². The summed E-state index contributed by atoms with van der Waals surface area (Å²) < 4.78 is 21.9. The second-order valence-electron chi connectivity index (χ2n) is 12.6. The smallest absolute Gasteiger partial charge is 0.303 e. The highest BCUT2D eigenvalue weighted by Gasteiger charge is 2.49. The van der Waals surface area contributed by atoms with Gasteiger partial charge in [0.05, 0.1) is 6.04 Å². The van der Waals surface area contributed by atoms with Crippen molar-refractivity contribution >= 4 is 29.8 Å². The molecule has 1 saturated carbocycles. The van der Waals surface area contributed by atoms with E-state index >= 15 is 0 Å². The van der Waals surface area contributed by atoms with Crippen LogP contribution in [0.3, 0.4) is 0 Å². The van der Waals surface area contributed by atoms with E-state index in [1.54, 1.807) is 0 Å². The maximum Gasteiger partial charge on any atom is 0.303 e. The Morgan fingerprint density at radius 1 is 0.738 bits per heavy atom. The summed E-state index contributed by atoms with van der Waals surface area (Å²) in [5, 5.41) is 0. The predicted octanol–water partition coefficient (Wildman–Crippen LogP) is 3.80. The fourth-order valence-electron chi connectivity index (χ4n) is 5.98. The highest BCUT2D eigenvalue weighted by Crippen LogP contribution is 2.29. The summed E-state index contributed by atoms with van der Waals surface area (Å²) in [6, 6.07) is -0.275. The van der Waals surface area contributed by atoms with Crippen LogP contribution in [0, 0.1) is 5.41 Å². The molecule has 11 nitrogen and oxygen atoms in total. The van der Waals surface area contributed by atoms with Crippen LogP contribution in [0.5, 0.6) is 0 Å². The summed E-state index contributed by atoms with van der Waals surface area (Å²) in [5.74, 6) is -2.03. The molecule has 0 aromatic carbocycles. The second-order valence-corrected chi connectivity index (χ2v) is 12.6. The highest BCUT2D eigenvalue weighted by molar-refractivity contribution is 5.81. The van der Waals surface area contributed by atoms with Gasteiger partial charge < -0.3 is 23.8 Å². The van der Waals surface area contributed by atoms with E-state index in [-0.39, 0.29) is 19.1 Å². The van der Waals surface area contributed by atoms with E-state index in [4.69, 9.17) is 18.9 Å². The van der Waals surface area contributed by atoms with Gasteiger partial charge in [-0.05, 0) is 32.2 Å². The van der Waals surface area contributed by atoms with Crippen molar-refractivity contribution in [3.63, 3.8) is 0 Å². The molecule has 1 heterocycles. The molecule has 0 N–H and O–H groups in total. The van der Waals surface area contributed by atoms with Crippen molar-refractivity contribution in [2.45, 2.75) is 137 Å². The van der Waals surface area contributed by atoms with E-state index in [2.05, 4.69) is 4.90 Å². The number of hydrogen-bond acceptors (Lipinski definition) is 10. The van der Waals surface area contributed by atoms with Crippen molar-refractivity contribution in [2.24, 2.45) is 5.41 Å². The number of hydrogen-bond donors (Lipinski definition) is 0. The van der Waals surface area contributed by atoms with Gasteiger partial charge >= 0.3 is 23.9 Å². The number of rotatable bonds is 13. The van der Waals surface area contributed by atoms with Crippen molar-refractivity contribution < 1.29 is 42.9 Å². The number of amides is 1. The zero-order valence-corrected chi connectivity index (χ0v) is 26.6. The zero-order chi connectivity index (χ0) is 31.4. The number of carbonyl (C=O) groups is 5. The van der Waals surface area contributed by atoms with Gasteiger partial charge in [-0.3, -0.25) is 28.9 Å². The Kier molecular flexibility index (Phi) is 14.2. The number of esters is 4. The molecule has 1 saturated heterocycles. The number of piperidine rings is 1. The largest absolute Gasteiger partial charge is 0.464 e. The molecule has 2 rings (SSSR count). The number of likely N-dealkylation sites (tertiary alicyclic amines) is 1. The van der Waals surface area contributed by atoms with E-state index in [9.17, 15) is 24.0 Å². The number of carbonyl (C=O) groups excluding carboxylic acids is 5. The summed E-state index contributed by atoms with van der Waals surface area (Å²) in [7, 11) is 0. The fourth-order valence-corrected chi connectivity index (χ4v) is 5.98. The summed E-state index contributed by atoms with van der Waals surface area (Å²) in [6.07, 6.45) is 6.31. The van der Waals surface area contributed by atoms with Crippen LogP contribution in [0.25, 0.3) is 0 Å². The van der Waals surface area contributed by atoms with Crippen LogP contribution < -0.4 is 0 Å². The van der Waals surface area contributed by atoms with Crippen LogP contribution in [-0.4, -0.2) is 96.2 Å².